The summed E-state index contributed by atoms with van der Waals surface area (Å²) >= 11 is 0. The van der Waals surface area contributed by atoms with Gasteiger partial charge in [0.25, 0.3) is 0 Å². The second kappa shape index (κ2) is 5.75. The van der Waals surface area contributed by atoms with Crippen molar-refractivity contribution in [3.63, 3.8) is 0 Å². The lowest BCUT2D eigenvalue weighted by Crippen LogP contribution is -2.12. The van der Waals surface area contributed by atoms with Crippen molar-refractivity contribution in [1.82, 2.24) is 0 Å². The highest BCUT2D eigenvalue weighted by Crippen LogP contribution is 2.12. The summed E-state index contributed by atoms with van der Waals surface area (Å²) < 4.78 is 0. The average Bonchev–Trinajstić information content (AvgIpc) is 1.96. The molecule has 0 aliphatic heterocycles. The summed E-state index contributed by atoms with van der Waals surface area (Å²) in [6, 6.07) is 0. The fourth-order valence-corrected chi connectivity index (χ4v) is 1.10. The van der Waals surface area contributed by atoms with Gasteiger partial charge in [0.2, 0.25) is 0 Å². The van der Waals surface area contributed by atoms with Crippen LogP contribution in [0.5, 0.6) is 0 Å². The van der Waals surface area contributed by atoms with Crippen LogP contribution in [-0.4, -0.2) is 16.9 Å². The van der Waals surface area contributed by atoms with E-state index in [4.69, 9.17) is 5.11 Å². The lowest BCUT2D eigenvalue weighted by molar-refractivity contribution is -0.142. The Morgan fingerprint density at radius 1 is 1.42 bits per heavy atom. The van der Waals surface area contributed by atoms with Crippen molar-refractivity contribution in [1.29, 1.82) is 0 Å². The van der Waals surface area contributed by atoms with E-state index in [0.717, 1.165) is 0 Å². The van der Waals surface area contributed by atoms with Crippen molar-refractivity contribution in [3.05, 3.63) is 0 Å². The van der Waals surface area contributed by atoms with E-state index < -0.39 is 5.97 Å². The highest BCUT2D eigenvalue weighted by atomic mass is 16.4. The second-order valence-electron chi connectivity index (χ2n) is 3.04. The summed E-state index contributed by atoms with van der Waals surface area (Å²) in [5.41, 5.74) is 0. The van der Waals surface area contributed by atoms with Gasteiger partial charge < -0.3 is 9.90 Å². The maximum Gasteiger partial charge on any atom is 0.306 e. The summed E-state index contributed by atoms with van der Waals surface area (Å²) in [7, 11) is 0. The fourth-order valence-electron chi connectivity index (χ4n) is 1.10. The highest BCUT2D eigenvalue weighted by molar-refractivity contribution is 5.75. The van der Waals surface area contributed by atoms with Crippen molar-refractivity contribution in [2.75, 3.05) is 0 Å². The third-order valence-corrected chi connectivity index (χ3v) is 1.92. The van der Waals surface area contributed by atoms with Gasteiger partial charge in [-0.1, -0.05) is 6.92 Å². The molecule has 0 aliphatic rings. The third kappa shape index (κ3) is 4.88. The van der Waals surface area contributed by atoms with Crippen molar-refractivity contribution in [2.24, 2.45) is 5.92 Å². The summed E-state index contributed by atoms with van der Waals surface area (Å²) in [6.45, 7) is 3.38. The van der Waals surface area contributed by atoms with Gasteiger partial charge in [-0.05, 0) is 26.2 Å². The number of carboxylic acids is 1. The molecule has 3 nitrogen and oxygen atoms in total. The molecular formula is C9H16O3. The lowest BCUT2D eigenvalue weighted by atomic mass is 9.99. The van der Waals surface area contributed by atoms with Crippen molar-refractivity contribution in [3.8, 4) is 0 Å². The Hall–Kier alpha value is -0.860. The van der Waals surface area contributed by atoms with Gasteiger partial charge in [0.1, 0.15) is 5.78 Å². The number of carboxylic acid groups (broad SMARTS) is 1. The van der Waals surface area contributed by atoms with Gasteiger partial charge in [0.15, 0.2) is 0 Å². The van der Waals surface area contributed by atoms with Crippen LogP contribution in [0.25, 0.3) is 0 Å². The number of Topliss-reactive ketones (excluding diaryl/α,β-unsaturated/α-hetero) is 1. The first kappa shape index (κ1) is 11.1. The van der Waals surface area contributed by atoms with Crippen LogP contribution in [0, 0.1) is 5.92 Å². The van der Waals surface area contributed by atoms with Gasteiger partial charge in [-0.25, -0.2) is 0 Å². The molecule has 0 spiro atoms. The van der Waals surface area contributed by atoms with Gasteiger partial charge in [0.05, 0.1) is 5.92 Å². The average molecular weight is 172 g/mol. The molecule has 1 unspecified atom stereocenters. The van der Waals surface area contributed by atoms with Gasteiger partial charge in [-0.2, -0.15) is 0 Å². The van der Waals surface area contributed by atoms with Crippen LogP contribution < -0.4 is 0 Å². The SMILES string of the molecule is CCC(CCCC(C)=O)C(=O)O. The molecule has 0 saturated carbocycles. The molecule has 0 saturated heterocycles. The molecule has 0 radical (unpaired) electrons. The predicted octanol–water partition coefficient (Wildman–Crippen LogP) is 1.86. The fraction of sp³-hybridized carbons (Fsp3) is 0.778. The number of hydrogen-bond acceptors (Lipinski definition) is 2. The number of rotatable bonds is 6. The van der Waals surface area contributed by atoms with Crippen molar-refractivity contribution in [2.45, 2.75) is 39.5 Å². The monoisotopic (exact) mass is 172 g/mol. The molecule has 0 bridgehead atoms. The Labute approximate surface area is 72.8 Å². The number of aliphatic carboxylic acids is 1. The number of hydrogen-bond donors (Lipinski definition) is 1. The van der Waals surface area contributed by atoms with Crippen molar-refractivity contribution < 1.29 is 14.7 Å². The molecule has 0 aromatic heterocycles. The van der Waals surface area contributed by atoms with Gasteiger partial charge >= 0.3 is 5.97 Å². The predicted molar refractivity (Wildman–Crippen MR) is 45.9 cm³/mol. The minimum absolute atomic E-state index is 0.134. The summed E-state index contributed by atoms with van der Waals surface area (Å²) in [6.07, 6.45) is 2.46. The smallest absolute Gasteiger partial charge is 0.306 e. The Balaban J connectivity index is 3.59. The minimum atomic E-state index is -0.749. The molecule has 0 aromatic carbocycles. The Morgan fingerprint density at radius 2 is 2.00 bits per heavy atom. The lowest BCUT2D eigenvalue weighted by Gasteiger charge is -2.07. The van der Waals surface area contributed by atoms with Crippen LogP contribution in [-0.2, 0) is 9.59 Å². The molecule has 3 heteroatoms. The minimum Gasteiger partial charge on any atom is -0.481 e. The second-order valence-corrected chi connectivity index (χ2v) is 3.04. The highest BCUT2D eigenvalue weighted by Gasteiger charge is 2.13. The van der Waals surface area contributed by atoms with Crippen molar-refractivity contribution >= 4 is 11.8 Å². The van der Waals surface area contributed by atoms with E-state index in [1.807, 2.05) is 6.92 Å². The van der Waals surface area contributed by atoms with E-state index in [1.54, 1.807) is 0 Å². The number of ketones is 1. The summed E-state index contributed by atoms with van der Waals surface area (Å²) in [5.74, 6) is -0.888. The zero-order valence-electron chi connectivity index (χ0n) is 7.67. The van der Waals surface area contributed by atoms with E-state index in [-0.39, 0.29) is 11.7 Å². The topological polar surface area (TPSA) is 54.4 Å². The van der Waals surface area contributed by atoms with Gasteiger partial charge in [-0.15, -0.1) is 0 Å². The van der Waals surface area contributed by atoms with E-state index in [2.05, 4.69) is 0 Å². The molecule has 0 aliphatic carbocycles. The van der Waals surface area contributed by atoms with Crippen LogP contribution >= 0.6 is 0 Å². The van der Waals surface area contributed by atoms with E-state index in [9.17, 15) is 9.59 Å². The Kier molecular flexibility index (Phi) is 5.34. The molecule has 0 amide bonds. The Bertz CT molecular complexity index is 163. The molecule has 0 fully saturated rings. The molecule has 12 heavy (non-hydrogen) atoms. The first-order valence-electron chi connectivity index (χ1n) is 4.30. The molecule has 1 atom stereocenters. The third-order valence-electron chi connectivity index (χ3n) is 1.92. The maximum absolute atomic E-state index is 10.5. The molecule has 1 N–H and O–H groups in total. The zero-order chi connectivity index (χ0) is 9.56. The molecule has 0 heterocycles. The van der Waals surface area contributed by atoms with Crippen LogP contribution in [0.1, 0.15) is 39.5 Å². The zero-order valence-corrected chi connectivity index (χ0v) is 7.67. The largest absolute Gasteiger partial charge is 0.481 e. The van der Waals surface area contributed by atoms with Crippen LogP contribution in [0.3, 0.4) is 0 Å². The van der Waals surface area contributed by atoms with Gasteiger partial charge in [-0.3, -0.25) is 4.79 Å². The first-order valence-corrected chi connectivity index (χ1v) is 4.30. The summed E-state index contributed by atoms with van der Waals surface area (Å²) in [5, 5.41) is 8.65. The van der Waals surface area contributed by atoms with E-state index >= 15 is 0 Å². The number of carbonyl (C=O) groups excluding carboxylic acids is 1. The maximum atomic E-state index is 10.5. The standard InChI is InChI=1S/C9H16O3/c1-3-8(9(11)12)6-4-5-7(2)10/h8H,3-6H2,1-2H3,(H,11,12). The van der Waals surface area contributed by atoms with E-state index in [0.29, 0.717) is 25.7 Å². The quantitative estimate of drug-likeness (QED) is 0.665. The molecule has 0 aromatic rings. The first-order chi connectivity index (χ1) is 5.57. The van der Waals surface area contributed by atoms with Crippen LogP contribution in [0.15, 0.2) is 0 Å². The molecule has 0 rings (SSSR count). The molecule has 70 valence electrons. The summed E-state index contributed by atoms with van der Waals surface area (Å²) in [4.78, 5) is 21.1. The number of carbonyl (C=O) groups is 2. The normalized spacial score (nSPS) is 12.5. The van der Waals surface area contributed by atoms with E-state index in [1.165, 1.54) is 6.92 Å². The van der Waals surface area contributed by atoms with Crippen LogP contribution in [0.4, 0.5) is 0 Å². The van der Waals surface area contributed by atoms with Gasteiger partial charge in [0, 0.05) is 6.42 Å². The Morgan fingerprint density at radius 3 is 2.33 bits per heavy atom. The molecular weight excluding hydrogens is 156 g/mol. The van der Waals surface area contributed by atoms with Crippen LogP contribution in [0.2, 0.25) is 0 Å².